The summed E-state index contributed by atoms with van der Waals surface area (Å²) in [6, 6.07) is 12.5. The molecule has 1 fully saturated rings. The van der Waals surface area contributed by atoms with Gasteiger partial charge in [0.2, 0.25) is 0 Å². The van der Waals surface area contributed by atoms with Gasteiger partial charge < -0.3 is 18.9 Å². The molecule has 3 rings (SSSR count). The first-order chi connectivity index (χ1) is 14.8. The third-order valence-corrected chi connectivity index (χ3v) is 5.90. The first-order valence-electron chi connectivity index (χ1n) is 10.3. The maximum Gasteiger partial charge on any atom is 0.495 e. The highest BCUT2D eigenvalue weighted by molar-refractivity contribution is 6.62. The van der Waals surface area contributed by atoms with E-state index >= 15 is 0 Å². The minimum absolute atomic E-state index is 0.0662. The van der Waals surface area contributed by atoms with Crippen LogP contribution in [0.3, 0.4) is 0 Å². The second kappa shape index (κ2) is 8.79. The molecule has 172 valence electrons. The molecule has 0 aromatic heterocycles. The smallest absolute Gasteiger partial charge is 0.445 e. The predicted molar refractivity (Wildman–Crippen MR) is 115 cm³/mol. The maximum atomic E-state index is 13.4. The Morgan fingerprint density at radius 2 is 1.62 bits per heavy atom. The number of hydrogen-bond donors (Lipinski definition) is 0. The number of alkyl halides is 3. The Bertz CT molecular complexity index is 947. The van der Waals surface area contributed by atoms with Gasteiger partial charge in [0, 0.05) is 13.6 Å². The topological polar surface area (TPSA) is 48.0 Å². The molecular weight excluding hydrogens is 422 g/mol. The van der Waals surface area contributed by atoms with E-state index in [-0.39, 0.29) is 18.7 Å². The number of benzene rings is 2. The molecule has 1 aliphatic heterocycles. The molecule has 1 saturated heterocycles. The van der Waals surface area contributed by atoms with Crippen molar-refractivity contribution in [2.24, 2.45) is 0 Å². The van der Waals surface area contributed by atoms with Crippen molar-refractivity contribution >= 4 is 18.7 Å². The molecule has 32 heavy (non-hydrogen) atoms. The van der Waals surface area contributed by atoms with Gasteiger partial charge in [-0.15, -0.1) is 0 Å². The molecule has 2 aromatic carbocycles. The van der Waals surface area contributed by atoms with Gasteiger partial charge >= 0.3 is 19.4 Å². The minimum atomic E-state index is -4.52. The quantitative estimate of drug-likeness (QED) is 0.617. The van der Waals surface area contributed by atoms with Crippen molar-refractivity contribution in [1.82, 2.24) is 4.90 Å². The molecule has 0 atom stereocenters. The van der Waals surface area contributed by atoms with E-state index in [1.807, 2.05) is 58.0 Å². The largest absolute Gasteiger partial charge is 0.495 e. The van der Waals surface area contributed by atoms with Crippen molar-refractivity contribution in [2.45, 2.75) is 58.2 Å². The van der Waals surface area contributed by atoms with Gasteiger partial charge in [-0.25, -0.2) is 4.79 Å². The van der Waals surface area contributed by atoms with Crippen molar-refractivity contribution in [1.29, 1.82) is 0 Å². The fourth-order valence-electron chi connectivity index (χ4n) is 3.27. The SMILES string of the molecule is CN(Cc1cc(C(F)(F)F)ccc1B1OC(C)(C)C(C)(C)O1)C(=O)OCc1ccccc1. The first-order valence-corrected chi connectivity index (χ1v) is 10.3. The Balaban J connectivity index is 1.82. The molecule has 0 bridgehead atoms. The summed E-state index contributed by atoms with van der Waals surface area (Å²) in [7, 11) is 0.618. The van der Waals surface area contributed by atoms with Gasteiger partial charge in [0.25, 0.3) is 0 Å². The molecule has 1 aliphatic rings. The molecule has 2 aromatic rings. The molecule has 1 heterocycles. The highest BCUT2D eigenvalue weighted by Gasteiger charge is 2.52. The van der Waals surface area contributed by atoms with Gasteiger partial charge in [0.05, 0.1) is 16.8 Å². The summed E-state index contributed by atoms with van der Waals surface area (Å²) in [5.74, 6) is 0. The summed E-state index contributed by atoms with van der Waals surface area (Å²) in [5.41, 5.74) is -0.585. The van der Waals surface area contributed by atoms with Crippen molar-refractivity contribution in [3.63, 3.8) is 0 Å². The lowest BCUT2D eigenvalue weighted by Crippen LogP contribution is -2.41. The van der Waals surface area contributed by atoms with Gasteiger partial charge in [0.15, 0.2) is 0 Å². The van der Waals surface area contributed by atoms with E-state index in [9.17, 15) is 18.0 Å². The van der Waals surface area contributed by atoms with E-state index < -0.39 is 36.2 Å². The average Bonchev–Trinajstić information content (AvgIpc) is 2.93. The maximum absolute atomic E-state index is 13.4. The standard InChI is InChI=1S/C23H27BF3NO4/c1-21(2)22(3,4)32-24(31-21)19-12-11-18(23(25,26)27)13-17(19)14-28(5)20(29)30-15-16-9-7-6-8-10-16/h6-13H,14-15H2,1-5H3. The summed E-state index contributed by atoms with van der Waals surface area (Å²) in [6.07, 6.45) is -5.17. The number of ether oxygens (including phenoxy) is 1. The van der Waals surface area contributed by atoms with E-state index in [0.717, 1.165) is 17.7 Å². The third-order valence-electron chi connectivity index (χ3n) is 5.90. The number of nitrogens with zero attached hydrogens (tertiary/aromatic N) is 1. The number of hydrogen-bond acceptors (Lipinski definition) is 4. The van der Waals surface area contributed by atoms with Gasteiger partial charge in [-0.2, -0.15) is 13.2 Å². The Labute approximate surface area is 186 Å². The monoisotopic (exact) mass is 449 g/mol. The molecule has 0 N–H and O–H groups in total. The van der Waals surface area contributed by atoms with Gasteiger partial charge in [-0.05, 0) is 50.4 Å². The summed E-state index contributed by atoms with van der Waals surface area (Å²) < 4.78 is 57.4. The lowest BCUT2D eigenvalue weighted by molar-refractivity contribution is -0.137. The molecule has 0 radical (unpaired) electrons. The van der Waals surface area contributed by atoms with Crippen LogP contribution in [0.25, 0.3) is 0 Å². The number of rotatable bonds is 5. The third kappa shape index (κ3) is 5.27. The van der Waals surface area contributed by atoms with Crippen molar-refractivity contribution in [3.05, 3.63) is 65.2 Å². The van der Waals surface area contributed by atoms with Crippen LogP contribution >= 0.6 is 0 Å². The lowest BCUT2D eigenvalue weighted by Gasteiger charge is -2.32. The fourth-order valence-corrected chi connectivity index (χ4v) is 3.27. The van der Waals surface area contributed by atoms with Crippen LogP contribution in [0.4, 0.5) is 18.0 Å². The van der Waals surface area contributed by atoms with Gasteiger partial charge in [-0.1, -0.05) is 42.5 Å². The second-order valence-electron chi connectivity index (χ2n) is 8.90. The van der Waals surface area contributed by atoms with E-state index in [0.29, 0.717) is 5.46 Å². The zero-order valence-electron chi connectivity index (χ0n) is 18.8. The van der Waals surface area contributed by atoms with Crippen LogP contribution in [0, 0.1) is 0 Å². The Kier molecular flexibility index (Phi) is 6.63. The highest BCUT2D eigenvalue weighted by atomic mass is 19.4. The molecule has 0 spiro atoms. The van der Waals surface area contributed by atoms with Crippen LogP contribution in [0.5, 0.6) is 0 Å². The normalized spacial score (nSPS) is 17.3. The predicted octanol–water partition coefficient (Wildman–Crippen LogP) is 4.77. The molecular formula is C23H27BF3NO4. The lowest BCUT2D eigenvalue weighted by atomic mass is 9.75. The highest BCUT2D eigenvalue weighted by Crippen LogP contribution is 2.37. The van der Waals surface area contributed by atoms with Crippen LogP contribution < -0.4 is 5.46 Å². The molecule has 1 amide bonds. The van der Waals surface area contributed by atoms with Crippen LogP contribution in [-0.2, 0) is 33.4 Å². The number of halogens is 3. The van der Waals surface area contributed by atoms with E-state index in [1.54, 1.807) is 0 Å². The van der Waals surface area contributed by atoms with Crippen LogP contribution in [-0.4, -0.2) is 36.4 Å². The fraction of sp³-hybridized carbons (Fsp3) is 0.435. The van der Waals surface area contributed by atoms with Crippen LogP contribution in [0.2, 0.25) is 0 Å². The van der Waals surface area contributed by atoms with Crippen molar-refractivity contribution in [2.75, 3.05) is 7.05 Å². The summed E-state index contributed by atoms with van der Waals surface area (Å²) >= 11 is 0. The molecule has 5 nitrogen and oxygen atoms in total. The Morgan fingerprint density at radius 1 is 1.03 bits per heavy atom. The zero-order chi connectivity index (χ0) is 23.7. The van der Waals surface area contributed by atoms with E-state index in [1.165, 1.54) is 18.0 Å². The average molecular weight is 449 g/mol. The Hall–Kier alpha value is -2.52. The molecule has 0 aliphatic carbocycles. The summed E-state index contributed by atoms with van der Waals surface area (Å²) in [6.45, 7) is 7.43. The van der Waals surface area contributed by atoms with Gasteiger partial charge in [0.1, 0.15) is 6.61 Å². The Morgan fingerprint density at radius 3 is 2.19 bits per heavy atom. The molecule has 0 saturated carbocycles. The van der Waals surface area contributed by atoms with Crippen LogP contribution in [0.1, 0.15) is 44.4 Å². The van der Waals surface area contributed by atoms with Gasteiger partial charge in [-0.3, -0.25) is 0 Å². The van der Waals surface area contributed by atoms with Crippen LogP contribution in [0.15, 0.2) is 48.5 Å². The first kappa shape index (κ1) is 24.1. The van der Waals surface area contributed by atoms with Crippen molar-refractivity contribution < 1.29 is 32.0 Å². The number of carbonyl (C=O) groups is 1. The molecule has 9 heteroatoms. The second-order valence-corrected chi connectivity index (χ2v) is 8.90. The van der Waals surface area contributed by atoms with E-state index in [4.69, 9.17) is 14.0 Å². The zero-order valence-corrected chi connectivity index (χ0v) is 18.8. The summed E-state index contributed by atoms with van der Waals surface area (Å²) in [5, 5.41) is 0. The minimum Gasteiger partial charge on any atom is -0.445 e. The molecule has 0 unspecified atom stereocenters. The van der Waals surface area contributed by atoms with Crippen molar-refractivity contribution in [3.8, 4) is 0 Å². The summed E-state index contributed by atoms with van der Waals surface area (Å²) in [4.78, 5) is 13.7. The van der Waals surface area contributed by atoms with E-state index in [2.05, 4.69) is 0 Å². The number of amides is 1. The number of carbonyl (C=O) groups excluding carboxylic acids is 1.